The molecule has 1 aliphatic heterocycles. The molecule has 1 saturated heterocycles. The number of pyridine rings is 1. The lowest BCUT2D eigenvalue weighted by molar-refractivity contribution is -0.0212. The fraction of sp³-hybridized carbons (Fsp3) is 0.688. The third-order valence-electron chi connectivity index (χ3n) is 4.05. The van der Waals surface area contributed by atoms with Crippen LogP contribution >= 0.6 is 0 Å². The first-order chi connectivity index (χ1) is 9.24. The number of rotatable bonds is 4. The molecular weight excluding hydrogens is 236 g/mol. The van der Waals surface area contributed by atoms with Crippen LogP contribution in [0.1, 0.15) is 49.6 Å². The van der Waals surface area contributed by atoms with Gasteiger partial charge in [0.1, 0.15) is 0 Å². The van der Waals surface area contributed by atoms with Gasteiger partial charge in [0.15, 0.2) is 0 Å². The Hall–Kier alpha value is -0.930. The molecule has 19 heavy (non-hydrogen) atoms. The van der Waals surface area contributed by atoms with E-state index in [0.29, 0.717) is 6.10 Å². The molecule has 104 valence electrons. The Labute approximate surface area is 116 Å². The molecule has 0 N–H and O–H groups in total. The van der Waals surface area contributed by atoms with Gasteiger partial charge in [-0.1, -0.05) is 6.92 Å². The lowest BCUT2D eigenvalue weighted by Crippen LogP contribution is -2.40. The van der Waals surface area contributed by atoms with Crippen LogP contribution in [0.3, 0.4) is 0 Å². The quantitative estimate of drug-likeness (QED) is 0.832. The van der Waals surface area contributed by atoms with Crippen molar-refractivity contribution in [1.29, 1.82) is 0 Å². The maximum Gasteiger partial charge on any atom is 0.0674 e. The first-order valence-electron chi connectivity index (χ1n) is 7.58. The number of hydrogen-bond donors (Lipinski definition) is 0. The molecule has 0 spiro atoms. The van der Waals surface area contributed by atoms with Crippen molar-refractivity contribution in [1.82, 2.24) is 9.88 Å². The Bertz CT molecular complexity index is 442. The molecule has 0 bridgehead atoms. The summed E-state index contributed by atoms with van der Waals surface area (Å²) in [5, 5.41) is 0. The summed E-state index contributed by atoms with van der Waals surface area (Å²) in [5.41, 5.74) is 4.01. The van der Waals surface area contributed by atoms with E-state index >= 15 is 0 Å². The predicted molar refractivity (Wildman–Crippen MR) is 76.3 cm³/mol. The van der Waals surface area contributed by atoms with Gasteiger partial charge in [-0.2, -0.15) is 0 Å². The second-order valence-corrected chi connectivity index (χ2v) is 5.94. The number of hydrogen-bond acceptors (Lipinski definition) is 3. The topological polar surface area (TPSA) is 25.4 Å². The van der Waals surface area contributed by atoms with Gasteiger partial charge in [-0.15, -0.1) is 0 Å². The summed E-state index contributed by atoms with van der Waals surface area (Å²) < 4.78 is 5.61. The van der Waals surface area contributed by atoms with E-state index in [1.165, 1.54) is 29.8 Å². The Morgan fingerprint density at radius 3 is 2.89 bits per heavy atom. The highest BCUT2D eigenvalue weighted by Crippen LogP contribution is 2.39. The second kappa shape index (κ2) is 5.59. The van der Waals surface area contributed by atoms with Gasteiger partial charge in [-0.05, 0) is 43.9 Å². The third kappa shape index (κ3) is 3.34. The molecule has 0 amide bonds. The summed E-state index contributed by atoms with van der Waals surface area (Å²) in [6, 6.07) is 4.61. The number of ether oxygens (including phenoxy) is 1. The molecule has 1 saturated carbocycles. The fourth-order valence-electron chi connectivity index (χ4n) is 2.83. The van der Waals surface area contributed by atoms with Crippen molar-refractivity contribution in [2.45, 2.75) is 51.7 Å². The van der Waals surface area contributed by atoms with Crippen LogP contribution in [0.5, 0.6) is 0 Å². The van der Waals surface area contributed by atoms with Crippen molar-refractivity contribution in [2.24, 2.45) is 0 Å². The molecule has 1 atom stereocenters. The molecule has 3 rings (SSSR count). The smallest absolute Gasteiger partial charge is 0.0674 e. The minimum Gasteiger partial charge on any atom is -0.376 e. The highest BCUT2D eigenvalue weighted by atomic mass is 16.5. The summed E-state index contributed by atoms with van der Waals surface area (Å²) in [5.74, 6) is 0.744. The minimum atomic E-state index is 0.365. The summed E-state index contributed by atoms with van der Waals surface area (Å²) in [7, 11) is 0. The van der Waals surface area contributed by atoms with Crippen molar-refractivity contribution in [3.63, 3.8) is 0 Å². The molecule has 1 aromatic heterocycles. The predicted octanol–water partition coefficient (Wildman–Crippen LogP) is 2.74. The average molecular weight is 260 g/mol. The molecule has 1 unspecified atom stereocenters. The van der Waals surface area contributed by atoms with Crippen molar-refractivity contribution in [3.8, 4) is 0 Å². The highest BCUT2D eigenvalue weighted by molar-refractivity contribution is 5.26. The third-order valence-corrected chi connectivity index (χ3v) is 4.05. The average Bonchev–Trinajstić information content (AvgIpc) is 3.22. The van der Waals surface area contributed by atoms with Crippen LogP contribution < -0.4 is 0 Å². The maximum atomic E-state index is 5.61. The van der Waals surface area contributed by atoms with E-state index in [4.69, 9.17) is 9.72 Å². The zero-order valence-electron chi connectivity index (χ0n) is 12.1. The second-order valence-electron chi connectivity index (χ2n) is 5.94. The van der Waals surface area contributed by atoms with Crippen LogP contribution in [-0.2, 0) is 17.7 Å². The van der Waals surface area contributed by atoms with Crippen LogP contribution in [0.4, 0.5) is 0 Å². The van der Waals surface area contributed by atoms with Gasteiger partial charge in [0.2, 0.25) is 0 Å². The summed E-state index contributed by atoms with van der Waals surface area (Å²) >= 11 is 0. The Morgan fingerprint density at radius 2 is 2.21 bits per heavy atom. The van der Waals surface area contributed by atoms with Gasteiger partial charge in [-0.25, -0.2) is 0 Å². The van der Waals surface area contributed by atoms with E-state index in [9.17, 15) is 0 Å². The Kier molecular flexibility index (Phi) is 3.85. The number of aromatic nitrogens is 1. The van der Waals surface area contributed by atoms with Crippen LogP contribution in [0, 0.1) is 0 Å². The highest BCUT2D eigenvalue weighted by Gasteiger charge is 2.26. The normalized spacial score (nSPS) is 24.6. The molecular formula is C16H24N2O. The summed E-state index contributed by atoms with van der Waals surface area (Å²) in [4.78, 5) is 7.28. The SMILES string of the molecule is CCc1cc(CN2CCOC(C)C2)cc(C2CC2)n1. The molecule has 3 heteroatoms. The molecule has 1 aliphatic carbocycles. The molecule has 0 aromatic carbocycles. The summed E-state index contributed by atoms with van der Waals surface area (Å²) in [6.07, 6.45) is 4.05. The fourth-order valence-corrected chi connectivity index (χ4v) is 2.83. The van der Waals surface area contributed by atoms with Crippen LogP contribution in [0.15, 0.2) is 12.1 Å². The Balaban J connectivity index is 1.73. The van der Waals surface area contributed by atoms with Crippen molar-refractivity contribution < 1.29 is 4.74 Å². The summed E-state index contributed by atoms with van der Waals surface area (Å²) in [6.45, 7) is 8.35. The van der Waals surface area contributed by atoms with Crippen molar-refractivity contribution in [3.05, 3.63) is 29.1 Å². The zero-order valence-corrected chi connectivity index (χ0v) is 12.1. The Morgan fingerprint density at radius 1 is 1.37 bits per heavy atom. The van der Waals surface area contributed by atoms with Crippen LogP contribution in [-0.4, -0.2) is 35.7 Å². The van der Waals surface area contributed by atoms with Gasteiger partial charge in [0, 0.05) is 36.9 Å². The van der Waals surface area contributed by atoms with Crippen LogP contribution in [0.2, 0.25) is 0 Å². The molecule has 2 heterocycles. The van der Waals surface area contributed by atoms with Gasteiger partial charge in [0.25, 0.3) is 0 Å². The molecule has 0 radical (unpaired) electrons. The van der Waals surface area contributed by atoms with Crippen molar-refractivity contribution in [2.75, 3.05) is 19.7 Å². The lowest BCUT2D eigenvalue weighted by Gasteiger charge is -2.31. The number of aryl methyl sites for hydroxylation is 1. The van der Waals surface area contributed by atoms with E-state index in [0.717, 1.165) is 38.6 Å². The lowest BCUT2D eigenvalue weighted by atomic mass is 10.1. The van der Waals surface area contributed by atoms with E-state index in [1.807, 2.05) is 0 Å². The molecule has 3 nitrogen and oxygen atoms in total. The van der Waals surface area contributed by atoms with Gasteiger partial charge in [-0.3, -0.25) is 9.88 Å². The number of morpholine rings is 1. The van der Waals surface area contributed by atoms with E-state index in [-0.39, 0.29) is 0 Å². The van der Waals surface area contributed by atoms with E-state index in [2.05, 4.69) is 30.9 Å². The van der Waals surface area contributed by atoms with Gasteiger partial charge >= 0.3 is 0 Å². The maximum absolute atomic E-state index is 5.61. The molecule has 2 aliphatic rings. The zero-order chi connectivity index (χ0) is 13.2. The van der Waals surface area contributed by atoms with Crippen molar-refractivity contribution >= 4 is 0 Å². The monoisotopic (exact) mass is 260 g/mol. The van der Waals surface area contributed by atoms with E-state index in [1.54, 1.807) is 0 Å². The largest absolute Gasteiger partial charge is 0.376 e. The minimum absolute atomic E-state index is 0.365. The molecule has 2 fully saturated rings. The van der Waals surface area contributed by atoms with Gasteiger partial charge in [0.05, 0.1) is 12.7 Å². The standard InChI is InChI=1S/C16H24N2O/c1-3-15-8-13(9-16(17-15)14-4-5-14)11-18-6-7-19-12(2)10-18/h8-9,12,14H,3-7,10-11H2,1-2H3. The van der Waals surface area contributed by atoms with Crippen LogP contribution in [0.25, 0.3) is 0 Å². The van der Waals surface area contributed by atoms with E-state index < -0.39 is 0 Å². The first-order valence-corrected chi connectivity index (χ1v) is 7.58. The first kappa shape index (κ1) is 13.1. The van der Waals surface area contributed by atoms with Gasteiger partial charge < -0.3 is 4.74 Å². The molecule has 1 aromatic rings. The number of nitrogens with zero attached hydrogens (tertiary/aromatic N) is 2.